The van der Waals surface area contributed by atoms with E-state index in [4.69, 9.17) is 20.4 Å². The van der Waals surface area contributed by atoms with Crippen molar-refractivity contribution in [1.82, 2.24) is 0 Å². The van der Waals surface area contributed by atoms with Crippen LogP contribution in [0.15, 0.2) is 0 Å². The minimum atomic E-state index is -1.30. The van der Waals surface area contributed by atoms with Gasteiger partial charge < -0.3 is 25.2 Å². The van der Waals surface area contributed by atoms with Gasteiger partial charge in [-0.2, -0.15) is 0 Å². The van der Waals surface area contributed by atoms with Crippen LogP contribution < -0.4 is 0 Å². The summed E-state index contributed by atoms with van der Waals surface area (Å²) in [6.07, 6.45) is -4.01. The van der Waals surface area contributed by atoms with Crippen LogP contribution in [0.3, 0.4) is 0 Å². The molecule has 0 aromatic carbocycles. The number of aliphatic hydroxyl groups is 4. The van der Waals surface area contributed by atoms with Gasteiger partial charge in [0.25, 0.3) is 0 Å². The number of hydrogen-bond acceptors (Lipinski definition) is 5. The van der Waals surface area contributed by atoms with Crippen LogP contribution in [0.25, 0.3) is 0 Å². The first kappa shape index (κ1) is 8.89. The van der Waals surface area contributed by atoms with E-state index in [1.165, 1.54) is 0 Å². The van der Waals surface area contributed by atoms with Crippen LogP contribution in [0.1, 0.15) is 6.42 Å². The average molecular weight is 164 g/mol. The van der Waals surface area contributed by atoms with Gasteiger partial charge in [0.05, 0.1) is 12.7 Å². The van der Waals surface area contributed by atoms with Crippen LogP contribution >= 0.6 is 0 Å². The summed E-state index contributed by atoms with van der Waals surface area (Å²) in [5.74, 6) is 0. The van der Waals surface area contributed by atoms with Gasteiger partial charge in [-0.1, -0.05) is 0 Å². The van der Waals surface area contributed by atoms with E-state index in [1.807, 2.05) is 0 Å². The highest BCUT2D eigenvalue weighted by Gasteiger charge is 2.34. The van der Waals surface area contributed by atoms with E-state index in [2.05, 4.69) is 4.74 Å². The molecule has 0 saturated carbocycles. The van der Waals surface area contributed by atoms with Gasteiger partial charge in [-0.3, -0.25) is 0 Å². The fourth-order valence-electron chi connectivity index (χ4n) is 1.04. The fourth-order valence-corrected chi connectivity index (χ4v) is 1.04. The fraction of sp³-hybridized carbons (Fsp3) is 1.00. The maximum atomic E-state index is 9.10. The number of hydrogen-bond donors (Lipinski definition) is 4. The van der Waals surface area contributed by atoms with Crippen molar-refractivity contribution in [2.75, 3.05) is 6.61 Å². The molecule has 0 radical (unpaired) electrons. The van der Waals surface area contributed by atoms with Crippen LogP contribution in [0.5, 0.6) is 0 Å². The smallest absolute Gasteiger partial charge is 0.181 e. The molecule has 0 bridgehead atoms. The maximum absolute atomic E-state index is 9.10. The summed E-state index contributed by atoms with van der Waals surface area (Å²) in [4.78, 5) is 0. The molecule has 11 heavy (non-hydrogen) atoms. The van der Waals surface area contributed by atoms with E-state index in [1.54, 1.807) is 0 Å². The third-order valence-corrected chi connectivity index (χ3v) is 1.74. The first-order chi connectivity index (χ1) is 5.15. The van der Waals surface area contributed by atoms with Gasteiger partial charge in [-0.15, -0.1) is 0 Å². The molecule has 0 aliphatic carbocycles. The summed E-state index contributed by atoms with van der Waals surface area (Å²) in [6.45, 7) is -0.356. The van der Waals surface area contributed by atoms with Gasteiger partial charge >= 0.3 is 0 Å². The van der Waals surface area contributed by atoms with Crippen molar-refractivity contribution in [3.05, 3.63) is 0 Å². The van der Waals surface area contributed by atoms with Crippen LogP contribution in [0.4, 0.5) is 0 Å². The van der Waals surface area contributed by atoms with E-state index >= 15 is 0 Å². The SMILES string of the molecule is OCC1OC(O)[C@@H](O)C[C@H]1O. The van der Waals surface area contributed by atoms with Crippen molar-refractivity contribution in [2.45, 2.75) is 31.0 Å². The molecule has 2 unspecified atom stereocenters. The second-order valence-corrected chi connectivity index (χ2v) is 2.62. The van der Waals surface area contributed by atoms with Crippen molar-refractivity contribution in [1.29, 1.82) is 0 Å². The number of rotatable bonds is 1. The quantitative estimate of drug-likeness (QED) is 0.353. The Morgan fingerprint density at radius 3 is 2.36 bits per heavy atom. The Hall–Kier alpha value is -0.200. The number of ether oxygens (including phenoxy) is 1. The molecule has 1 fully saturated rings. The predicted octanol–water partition coefficient (Wildman–Crippen LogP) is -2.19. The van der Waals surface area contributed by atoms with E-state index in [-0.39, 0.29) is 13.0 Å². The maximum Gasteiger partial charge on any atom is 0.181 e. The molecule has 4 atom stereocenters. The number of aliphatic hydroxyl groups excluding tert-OH is 4. The third kappa shape index (κ3) is 1.88. The zero-order valence-corrected chi connectivity index (χ0v) is 5.92. The van der Waals surface area contributed by atoms with Crippen molar-refractivity contribution < 1.29 is 25.2 Å². The molecule has 0 aromatic heterocycles. The van der Waals surface area contributed by atoms with Crippen molar-refractivity contribution in [3.8, 4) is 0 Å². The van der Waals surface area contributed by atoms with Gasteiger partial charge in [-0.25, -0.2) is 0 Å². The van der Waals surface area contributed by atoms with Crippen molar-refractivity contribution in [3.63, 3.8) is 0 Å². The van der Waals surface area contributed by atoms with Crippen LogP contribution in [-0.2, 0) is 4.74 Å². The van der Waals surface area contributed by atoms with E-state index < -0.39 is 24.6 Å². The molecular formula is C6H12O5. The molecule has 1 aliphatic heterocycles. The predicted molar refractivity (Wildman–Crippen MR) is 34.6 cm³/mol. The second kappa shape index (κ2) is 3.46. The van der Waals surface area contributed by atoms with Crippen LogP contribution in [0, 0.1) is 0 Å². The summed E-state index contributed by atoms with van der Waals surface area (Å²) in [5.41, 5.74) is 0. The highest BCUT2D eigenvalue weighted by atomic mass is 16.6. The van der Waals surface area contributed by atoms with E-state index in [0.717, 1.165) is 0 Å². The molecule has 5 nitrogen and oxygen atoms in total. The Bertz CT molecular complexity index is 128. The Balaban J connectivity index is 2.48. The Labute approximate surface area is 63.8 Å². The molecule has 0 spiro atoms. The lowest BCUT2D eigenvalue weighted by Crippen LogP contribution is -2.48. The molecule has 0 amide bonds. The monoisotopic (exact) mass is 164 g/mol. The summed E-state index contributed by atoms with van der Waals surface area (Å²) < 4.78 is 4.67. The van der Waals surface area contributed by atoms with Crippen LogP contribution in [-0.4, -0.2) is 51.6 Å². The summed E-state index contributed by atoms with van der Waals surface area (Å²) in [7, 11) is 0. The molecule has 66 valence electrons. The lowest BCUT2D eigenvalue weighted by atomic mass is 10.0. The van der Waals surface area contributed by atoms with Crippen molar-refractivity contribution in [2.24, 2.45) is 0 Å². The van der Waals surface area contributed by atoms with Gasteiger partial charge in [0.2, 0.25) is 0 Å². The van der Waals surface area contributed by atoms with Gasteiger partial charge in [0, 0.05) is 6.42 Å². The first-order valence-corrected chi connectivity index (χ1v) is 3.45. The molecule has 1 saturated heterocycles. The topological polar surface area (TPSA) is 90.2 Å². The van der Waals surface area contributed by atoms with Gasteiger partial charge in [0.15, 0.2) is 6.29 Å². The van der Waals surface area contributed by atoms with E-state index in [9.17, 15) is 0 Å². The third-order valence-electron chi connectivity index (χ3n) is 1.74. The Morgan fingerprint density at radius 2 is 1.82 bits per heavy atom. The summed E-state index contributed by atoms with van der Waals surface area (Å²) in [5, 5.41) is 35.5. The molecule has 0 aromatic rings. The Morgan fingerprint density at radius 1 is 1.18 bits per heavy atom. The molecule has 1 rings (SSSR count). The first-order valence-electron chi connectivity index (χ1n) is 3.45. The lowest BCUT2D eigenvalue weighted by molar-refractivity contribution is -0.251. The molecule has 1 heterocycles. The molecule has 4 N–H and O–H groups in total. The lowest BCUT2D eigenvalue weighted by Gasteiger charge is -2.33. The molecule has 1 aliphatic rings. The summed E-state index contributed by atoms with van der Waals surface area (Å²) >= 11 is 0. The zero-order valence-electron chi connectivity index (χ0n) is 5.92. The summed E-state index contributed by atoms with van der Waals surface area (Å²) in [6, 6.07) is 0. The molecular weight excluding hydrogens is 152 g/mol. The van der Waals surface area contributed by atoms with Crippen molar-refractivity contribution >= 4 is 0 Å². The highest BCUT2D eigenvalue weighted by Crippen LogP contribution is 2.18. The zero-order chi connectivity index (χ0) is 8.43. The second-order valence-electron chi connectivity index (χ2n) is 2.62. The molecule has 5 heteroatoms. The van der Waals surface area contributed by atoms with Gasteiger partial charge in [0.1, 0.15) is 12.2 Å². The van der Waals surface area contributed by atoms with E-state index in [0.29, 0.717) is 0 Å². The minimum absolute atomic E-state index is 0.0341. The van der Waals surface area contributed by atoms with Gasteiger partial charge in [-0.05, 0) is 0 Å². The standard InChI is InChI=1S/C6H12O5/c7-2-5-3(8)1-4(9)6(10)11-5/h3-10H,1-2H2/t3-,4+,5?,6?/m1/s1. The normalized spacial score (nSPS) is 45.8. The largest absolute Gasteiger partial charge is 0.394 e. The average Bonchev–Trinajstić information content (AvgIpc) is 1.97. The highest BCUT2D eigenvalue weighted by molar-refractivity contribution is 4.79. The Kier molecular flexibility index (Phi) is 2.80. The van der Waals surface area contributed by atoms with Crippen LogP contribution in [0.2, 0.25) is 0 Å². The minimum Gasteiger partial charge on any atom is -0.394 e.